The van der Waals surface area contributed by atoms with Gasteiger partial charge in [0.15, 0.2) is 11.4 Å². The lowest BCUT2D eigenvalue weighted by Crippen LogP contribution is -2.31. The lowest BCUT2D eigenvalue weighted by molar-refractivity contribution is -0.597. The molecule has 0 N–H and O–H groups in total. The Kier molecular flexibility index (Phi) is 3.26. The summed E-state index contributed by atoms with van der Waals surface area (Å²) < 4.78 is 0.666. The summed E-state index contributed by atoms with van der Waals surface area (Å²) >= 11 is 5.82. The molecule has 2 heterocycles. The molecule has 3 aromatic rings. The lowest BCUT2D eigenvalue weighted by Gasteiger charge is -2.05. The van der Waals surface area contributed by atoms with E-state index in [2.05, 4.69) is 15.2 Å². The SMILES string of the molecule is [O-][n+]1cc(-c2ccc(Cl)cc2)nnc1-c1ccccn1. The zero-order valence-corrected chi connectivity index (χ0v) is 11.0. The molecule has 0 atom stereocenters. The van der Waals surface area contributed by atoms with Gasteiger partial charge in [-0.2, -0.15) is 0 Å². The van der Waals surface area contributed by atoms with Gasteiger partial charge in [0.2, 0.25) is 0 Å². The van der Waals surface area contributed by atoms with Crippen molar-refractivity contribution in [2.45, 2.75) is 0 Å². The van der Waals surface area contributed by atoms with E-state index in [1.165, 1.54) is 6.20 Å². The highest BCUT2D eigenvalue weighted by atomic mass is 35.5. The summed E-state index contributed by atoms with van der Waals surface area (Å²) in [6.45, 7) is 0. The fourth-order valence-corrected chi connectivity index (χ4v) is 1.88. The van der Waals surface area contributed by atoms with Crippen molar-refractivity contribution in [3.05, 3.63) is 65.1 Å². The van der Waals surface area contributed by atoms with E-state index in [-0.39, 0.29) is 5.82 Å². The van der Waals surface area contributed by atoms with Crippen LogP contribution < -0.4 is 4.73 Å². The molecule has 3 rings (SSSR count). The van der Waals surface area contributed by atoms with Crippen LogP contribution in [-0.2, 0) is 0 Å². The maximum atomic E-state index is 12.0. The van der Waals surface area contributed by atoms with Crippen LogP contribution in [-0.4, -0.2) is 15.2 Å². The predicted molar refractivity (Wildman–Crippen MR) is 74.7 cm³/mol. The normalized spacial score (nSPS) is 10.4. The lowest BCUT2D eigenvalue weighted by atomic mass is 10.2. The van der Waals surface area contributed by atoms with Crippen LogP contribution in [0, 0.1) is 5.21 Å². The fourth-order valence-electron chi connectivity index (χ4n) is 1.76. The Morgan fingerprint density at radius 2 is 1.75 bits per heavy atom. The molecule has 0 fully saturated rings. The van der Waals surface area contributed by atoms with Crippen LogP contribution in [0.25, 0.3) is 22.8 Å². The van der Waals surface area contributed by atoms with Gasteiger partial charge in [0.1, 0.15) is 6.20 Å². The second-order valence-electron chi connectivity index (χ2n) is 4.09. The highest BCUT2D eigenvalue weighted by Gasteiger charge is 2.15. The average molecular weight is 285 g/mol. The molecule has 0 aliphatic carbocycles. The molecule has 5 nitrogen and oxygen atoms in total. The predicted octanol–water partition coefficient (Wildman–Crippen LogP) is 2.49. The third kappa shape index (κ3) is 2.44. The van der Waals surface area contributed by atoms with Gasteiger partial charge in [0.05, 0.1) is 5.10 Å². The first-order chi connectivity index (χ1) is 9.74. The van der Waals surface area contributed by atoms with Gasteiger partial charge in [-0.1, -0.05) is 29.8 Å². The smallest absolute Gasteiger partial charge is 0.379 e. The van der Waals surface area contributed by atoms with Crippen LogP contribution in [0.3, 0.4) is 0 Å². The third-order valence-corrected chi connectivity index (χ3v) is 2.99. The number of rotatable bonds is 2. The minimum atomic E-state index is 0.170. The minimum absolute atomic E-state index is 0.170. The Balaban J connectivity index is 2.01. The van der Waals surface area contributed by atoms with Gasteiger partial charge in [-0.05, 0) is 29.4 Å². The van der Waals surface area contributed by atoms with E-state index in [1.807, 2.05) is 0 Å². The second kappa shape index (κ2) is 5.22. The number of benzene rings is 1. The van der Waals surface area contributed by atoms with Gasteiger partial charge >= 0.3 is 5.82 Å². The summed E-state index contributed by atoms with van der Waals surface area (Å²) in [7, 11) is 0. The van der Waals surface area contributed by atoms with Crippen molar-refractivity contribution in [1.29, 1.82) is 0 Å². The molecule has 0 aliphatic heterocycles. The van der Waals surface area contributed by atoms with Crippen molar-refractivity contribution in [3.8, 4) is 22.8 Å². The largest absolute Gasteiger partial charge is 0.710 e. The molecule has 0 unspecified atom stereocenters. The molecule has 0 saturated carbocycles. The molecule has 0 bridgehead atoms. The number of halogens is 1. The van der Waals surface area contributed by atoms with Gasteiger partial charge in [0, 0.05) is 16.8 Å². The number of nitrogens with zero attached hydrogens (tertiary/aromatic N) is 4. The Labute approximate surface area is 120 Å². The third-order valence-electron chi connectivity index (χ3n) is 2.73. The zero-order valence-electron chi connectivity index (χ0n) is 10.3. The first kappa shape index (κ1) is 12.5. The van der Waals surface area contributed by atoms with Crippen LogP contribution in [0.5, 0.6) is 0 Å². The van der Waals surface area contributed by atoms with E-state index in [0.717, 1.165) is 5.56 Å². The zero-order chi connectivity index (χ0) is 13.9. The van der Waals surface area contributed by atoms with E-state index in [9.17, 15) is 5.21 Å². The van der Waals surface area contributed by atoms with Crippen molar-refractivity contribution in [2.75, 3.05) is 0 Å². The van der Waals surface area contributed by atoms with Crippen molar-refractivity contribution in [2.24, 2.45) is 0 Å². The quantitative estimate of drug-likeness (QED) is 0.536. The van der Waals surface area contributed by atoms with Crippen LogP contribution in [0.2, 0.25) is 5.02 Å². The molecule has 0 radical (unpaired) electrons. The summed E-state index contributed by atoms with van der Waals surface area (Å²) in [6.07, 6.45) is 2.98. The number of aromatic nitrogens is 4. The van der Waals surface area contributed by atoms with E-state index < -0.39 is 0 Å². The summed E-state index contributed by atoms with van der Waals surface area (Å²) in [5.41, 5.74) is 1.74. The second-order valence-corrected chi connectivity index (χ2v) is 4.52. The minimum Gasteiger partial charge on any atom is -0.710 e. The fraction of sp³-hybridized carbons (Fsp3) is 0. The van der Waals surface area contributed by atoms with Gasteiger partial charge in [0.25, 0.3) is 0 Å². The molecule has 98 valence electrons. The van der Waals surface area contributed by atoms with Gasteiger partial charge in [-0.3, -0.25) is 0 Å². The summed E-state index contributed by atoms with van der Waals surface area (Å²) in [5.74, 6) is 0.170. The summed E-state index contributed by atoms with van der Waals surface area (Å²) in [5, 5.41) is 20.7. The average Bonchev–Trinajstić information content (AvgIpc) is 2.49. The molecule has 2 aromatic heterocycles. The molecular weight excluding hydrogens is 276 g/mol. The van der Waals surface area contributed by atoms with Crippen LogP contribution >= 0.6 is 11.6 Å². The highest BCUT2D eigenvalue weighted by molar-refractivity contribution is 6.30. The van der Waals surface area contributed by atoms with E-state index >= 15 is 0 Å². The van der Waals surface area contributed by atoms with Crippen molar-refractivity contribution < 1.29 is 4.73 Å². The molecule has 20 heavy (non-hydrogen) atoms. The number of pyridine rings is 1. The molecule has 0 saturated heterocycles. The van der Waals surface area contributed by atoms with Crippen molar-refractivity contribution in [3.63, 3.8) is 0 Å². The summed E-state index contributed by atoms with van der Waals surface area (Å²) in [4.78, 5) is 4.08. The van der Waals surface area contributed by atoms with Crippen LogP contribution in [0.1, 0.15) is 0 Å². The first-order valence-corrected chi connectivity index (χ1v) is 6.26. The van der Waals surface area contributed by atoms with E-state index in [1.54, 1.807) is 48.7 Å². The maximum absolute atomic E-state index is 12.0. The number of hydrogen-bond donors (Lipinski definition) is 0. The van der Waals surface area contributed by atoms with Crippen LogP contribution in [0.15, 0.2) is 54.9 Å². The van der Waals surface area contributed by atoms with Crippen molar-refractivity contribution in [1.82, 2.24) is 15.2 Å². The van der Waals surface area contributed by atoms with Gasteiger partial charge in [-0.15, -0.1) is 0 Å². The molecular formula is C14H9ClN4O. The monoisotopic (exact) mass is 284 g/mol. The molecule has 0 spiro atoms. The van der Waals surface area contributed by atoms with Gasteiger partial charge < -0.3 is 5.21 Å². The Bertz CT molecular complexity index is 732. The Morgan fingerprint density at radius 1 is 0.950 bits per heavy atom. The molecule has 0 amide bonds. The maximum Gasteiger partial charge on any atom is 0.379 e. The molecule has 1 aromatic carbocycles. The number of hydrogen-bond acceptors (Lipinski definition) is 4. The standard InChI is InChI=1S/C14H9ClN4O/c15-11-6-4-10(5-7-11)13-9-19(20)14(18-17-13)12-3-1-2-8-16-12/h1-9H. The molecule has 6 heteroatoms. The Hall–Kier alpha value is -2.53. The summed E-state index contributed by atoms with van der Waals surface area (Å²) in [6, 6.07) is 12.3. The molecule has 0 aliphatic rings. The van der Waals surface area contributed by atoms with E-state index in [4.69, 9.17) is 11.6 Å². The first-order valence-electron chi connectivity index (χ1n) is 5.88. The topological polar surface area (TPSA) is 65.6 Å². The van der Waals surface area contributed by atoms with Crippen molar-refractivity contribution >= 4 is 11.6 Å². The highest BCUT2D eigenvalue weighted by Crippen LogP contribution is 2.18. The Morgan fingerprint density at radius 3 is 2.40 bits per heavy atom. The van der Waals surface area contributed by atoms with E-state index in [0.29, 0.717) is 21.1 Å². The van der Waals surface area contributed by atoms with Gasteiger partial charge in [-0.25, -0.2) is 9.71 Å². The van der Waals surface area contributed by atoms with Crippen LogP contribution in [0.4, 0.5) is 0 Å².